The Kier molecular flexibility index (Phi) is 6.36. The van der Waals surface area contributed by atoms with Gasteiger partial charge in [-0.25, -0.2) is 0 Å². The minimum atomic E-state index is -0.402. The minimum absolute atomic E-state index is 0.402. The van der Waals surface area contributed by atoms with Crippen molar-refractivity contribution in [2.45, 2.75) is 37.1 Å². The van der Waals surface area contributed by atoms with Crippen molar-refractivity contribution in [1.29, 1.82) is 0 Å². The molecular formula is C16H25NO2S. The van der Waals surface area contributed by atoms with E-state index in [1.807, 2.05) is 42.1 Å². The molecule has 1 fully saturated rings. The van der Waals surface area contributed by atoms with Crippen LogP contribution in [0.25, 0.3) is 0 Å². The zero-order valence-electron chi connectivity index (χ0n) is 12.4. The summed E-state index contributed by atoms with van der Waals surface area (Å²) in [5.74, 6) is 0. The van der Waals surface area contributed by atoms with Crippen LogP contribution in [0.4, 0.5) is 0 Å². The summed E-state index contributed by atoms with van der Waals surface area (Å²) in [6, 6.07) is 10.1. The van der Waals surface area contributed by atoms with Gasteiger partial charge < -0.3 is 9.84 Å². The van der Waals surface area contributed by atoms with Crippen molar-refractivity contribution in [3.63, 3.8) is 0 Å². The largest absolute Gasteiger partial charge is 0.389 e. The lowest BCUT2D eigenvalue weighted by molar-refractivity contribution is 0.00972. The van der Waals surface area contributed by atoms with Crippen LogP contribution in [0.5, 0.6) is 0 Å². The number of ether oxygens (including phenoxy) is 1. The Morgan fingerprint density at radius 2 is 1.90 bits per heavy atom. The molecule has 1 aliphatic rings. The number of benzene rings is 1. The number of aliphatic hydroxyl groups is 1. The summed E-state index contributed by atoms with van der Waals surface area (Å²) in [7, 11) is 0. The van der Waals surface area contributed by atoms with Crippen LogP contribution in [-0.4, -0.2) is 52.9 Å². The third kappa shape index (κ3) is 5.44. The highest BCUT2D eigenvalue weighted by Gasteiger charge is 2.23. The smallest absolute Gasteiger partial charge is 0.0900 e. The Hall–Kier alpha value is -0.550. The normalized spacial score (nSPS) is 25.6. The molecule has 0 aliphatic carbocycles. The average Bonchev–Trinajstić information content (AvgIpc) is 2.38. The molecule has 112 valence electrons. The summed E-state index contributed by atoms with van der Waals surface area (Å²) in [6.45, 7) is 8.32. The SMILES string of the molecule is CC1CN(CC(O)COCc2ccccc2)CC(C)S1. The summed E-state index contributed by atoms with van der Waals surface area (Å²) in [5, 5.41) is 11.4. The highest BCUT2D eigenvalue weighted by molar-refractivity contribution is 8.00. The second kappa shape index (κ2) is 8.03. The average molecular weight is 295 g/mol. The quantitative estimate of drug-likeness (QED) is 0.873. The van der Waals surface area contributed by atoms with Crippen LogP contribution in [0.2, 0.25) is 0 Å². The van der Waals surface area contributed by atoms with Crippen LogP contribution in [0, 0.1) is 0 Å². The van der Waals surface area contributed by atoms with E-state index in [0.717, 1.165) is 18.7 Å². The van der Waals surface area contributed by atoms with Crippen LogP contribution in [0.15, 0.2) is 30.3 Å². The van der Waals surface area contributed by atoms with Crippen molar-refractivity contribution >= 4 is 11.8 Å². The third-order valence-corrected chi connectivity index (χ3v) is 4.61. The highest BCUT2D eigenvalue weighted by Crippen LogP contribution is 2.24. The standard InChI is InChI=1S/C16H25NO2S/c1-13-8-17(9-14(2)20-13)10-16(18)12-19-11-15-6-4-3-5-7-15/h3-7,13-14,16,18H,8-12H2,1-2H3. The number of rotatable bonds is 6. The first kappa shape index (κ1) is 15.8. The monoisotopic (exact) mass is 295 g/mol. The number of thioether (sulfide) groups is 1. The molecule has 3 nitrogen and oxygen atoms in total. The van der Waals surface area contributed by atoms with E-state index in [-0.39, 0.29) is 0 Å². The molecule has 0 aromatic heterocycles. The van der Waals surface area contributed by atoms with Gasteiger partial charge in [-0.1, -0.05) is 44.2 Å². The highest BCUT2D eigenvalue weighted by atomic mass is 32.2. The maximum absolute atomic E-state index is 10.1. The molecule has 3 unspecified atom stereocenters. The van der Waals surface area contributed by atoms with Gasteiger partial charge in [0.25, 0.3) is 0 Å². The lowest BCUT2D eigenvalue weighted by Gasteiger charge is -2.35. The predicted octanol–water partition coefficient (Wildman–Crippen LogP) is 2.39. The zero-order chi connectivity index (χ0) is 14.4. The molecule has 20 heavy (non-hydrogen) atoms. The van der Waals surface area contributed by atoms with Gasteiger partial charge >= 0.3 is 0 Å². The van der Waals surface area contributed by atoms with Gasteiger partial charge in [-0.2, -0.15) is 11.8 Å². The number of nitrogens with zero attached hydrogens (tertiary/aromatic N) is 1. The van der Waals surface area contributed by atoms with E-state index in [9.17, 15) is 5.11 Å². The van der Waals surface area contributed by atoms with Crippen LogP contribution in [0.1, 0.15) is 19.4 Å². The van der Waals surface area contributed by atoms with E-state index in [1.165, 1.54) is 0 Å². The van der Waals surface area contributed by atoms with Gasteiger partial charge in [-0.3, -0.25) is 4.90 Å². The molecule has 0 radical (unpaired) electrons. The van der Waals surface area contributed by atoms with E-state index >= 15 is 0 Å². The van der Waals surface area contributed by atoms with E-state index in [0.29, 0.717) is 30.3 Å². The van der Waals surface area contributed by atoms with Crippen LogP contribution in [0.3, 0.4) is 0 Å². The molecule has 3 atom stereocenters. The second-order valence-electron chi connectivity index (χ2n) is 5.63. The van der Waals surface area contributed by atoms with E-state index < -0.39 is 6.10 Å². The second-order valence-corrected chi connectivity index (χ2v) is 7.51. The van der Waals surface area contributed by atoms with Crippen molar-refractivity contribution in [3.05, 3.63) is 35.9 Å². The van der Waals surface area contributed by atoms with Crippen LogP contribution < -0.4 is 0 Å². The van der Waals surface area contributed by atoms with Crippen molar-refractivity contribution in [3.8, 4) is 0 Å². The van der Waals surface area contributed by atoms with E-state index in [1.54, 1.807) is 0 Å². The molecule has 0 amide bonds. The van der Waals surface area contributed by atoms with Gasteiger partial charge in [0.2, 0.25) is 0 Å². The van der Waals surface area contributed by atoms with Gasteiger partial charge in [0.1, 0.15) is 0 Å². The number of β-amino-alcohol motifs (C(OH)–C–C–N with tert-alkyl or cyclic N) is 1. The molecule has 1 aromatic rings. The lowest BCUT2D eigenvalue weighted by Crippen LogP contribution is -2.44. The Labute approximate surface area is 126 Å². The number of hydrogen-bond donors (Lipinski definition) is 1. The van der Waals surface area contributed by atoms with Crippen LogP contribution in [-0.2, 0) is 11.3 Å². The molecule has 1 N–H and O–H groups in total. The number of hydrogen-bond acceptors (Lipinski definition) is 4. The van der Waals surface area contributed by atoms with E-state index in [4.69, 9.17) is 4.74 Å². The molecule has 0 saturated carbocycles. The summed E-state index contributed by atoms with van der Waals surface area (Å²) >= 11 is 2.03. The fourth-order valence-electron chi connectivity index (χ4n) is 2.67. The van der Waals surface area contributed by atoms with Gasteiger partial charge in [-0.15, -0.1) is 0 Å². The molecule has 1 aliphatic heterocycles. The summed E-state index contributed by atoms with van der Waals surface area (Å²) < 4.78 is 5.59. The molecular weight excluding hydrogens is 270 g/mol. The molecule has 1 heterocycles. The Balaban J connectivity index is 1.66. The lowest BCUT2D eigenvalue weighted by atomic mass is 10.2. The molecule has 1 saturated heterocycles. The molecule has 4 heteroatoms. The zero-order valence-corrected chi connectivity index (χ0v) is 13.2. The first-order valence-electron chi connectivity index (χ1n) is 7.31. The van der Waals surface area contributed by atoms with Gasteiger partial charge in [0.15, 0.2) is 0 Å². The summed E-state index contributed by atoms with van der Waals surface area (Å²) in [4.78, 5) is 2.35. The first-order chi connectivity index (χ1) is 9.63. The Bertz CT molecular complexity index is 377. The molecule has 0 spiro atoms. The van der Waals surface area contributed by atoms with Crippen molar-refractivity contribution in [2.75, 3.05) is 26.2 Å². The third-order valence-electron chi connectivity index (χ3n) is 3.39. The number of aliphatic hydroxyl groups excluding tert-OH is 1. The molecule has 1 aromatic carbocycles. The predicted molar refractivity (Wildman–Crippen MR) is 85.1 cm³/mol. The maximum Gasteiger partial charge on any atom is 0.0900 e. The van der Waals surface area contributed by atoms with Gasteiger partial charge in [0, 0.05) is 30.1 Å². The summed E-state index contributed by atoms with van der Waals surface area (Å²) in [5.41, 5.74) is 1.15. The fraction of sp³-hybridized carbons (Fsp3) is 0.625. The van der Waals surface area contributed by atoms with Gasteiger partial charge in [-0.05, 0) is 5.56 Å². The van der Waals surface area contributed by atoms with Crippen molar-refractivity contribution in [2.24, 2.45) is 0 Å². The molecule has 0 bridgehead atoms. The summed E-state index contributed by atoms with van der Waals surface area (Å²) in [6.07, 6.45) is -0.402. The first-order valence-corrected chi connectivity index (χ1v) is 8.25. The Morgan fingerprint density at radius 1 is 1.25 bits per heavy atom. The van der Waals surface area contributed by atoms with Crippen molar-refractivity contribution < 1.29 is 9.84 Å². The van der Waals surface area contributed by atoms with Crippen molar-refractivity contribution in [1.82, 2.24) is 4.90 Å². The topological polar surface area (TPSA) is 32.7 Å². The fourth-order valence-corrected chi connectivity index (χ4v) is 4.06. The maximum atomic E-state index is 10.1. The minimum Gasteiger partial charge on any atom is -0.389 e. The molecule has 2 rings (SSSR count). The Morgan fingerprint density at radius 3 is 2.55 bits per heavy atom. The van der Waals surface area contributed by atoms with Gasteiger partial charge in [0.05, 0.1) is 19.3 Å². The van der Waals surface area contributed by atoms with Crippen LogP contribution >= 0.6 is 11.8 Å². The van der Waals surface area contributed by atoms with E-state index in [2.05, 4.69) is 18.7 Å².